The van der Waals surface area contributed by atoms with Crippen molar-refractivity contribution in [1.82, 2.24) is 4.72 Å². The van der Waals surface area contributed by atoms with Gasteiger partial charge >= 0.3 is 0 Å². The maximum atomic E-state index is 12.0. The van der Waals surface area contributed by atoms with E-state index in [9.17, 15) is 13.2 Å². The summed E-state index contributed by atoms with van der Waals surface area (Å²) in [6.45, 7) is 2.12. The average Bonchev–Trinajstić information content (AvgIpc) is 2.77. The molecule has 1 fully saturated rings. The fraction of sp³-hybridized carbons (Fsp3) is 0.583. The van der Waals surface area contributed by atoms with Crippen LogP contribution in [0.4, 0.5) is 0 Å². The minimum Gasteiger partial charge on any atom is -0.440 e. The number of nitrogens with one attached hydrogen (secondary N) is 1. The lowest BCUT2D eigenvalue weighted by Gasteiger charge is -2.26. The SMILES string of the molecule is CC1CCCC(NS(=O)(=O)c2ccc(C=O)o2)C1. The summed E-state index contributed by atoms with van der Waals surface area (Å²) in [6.07, 6.45) is 4.37. The van der Waals surface area contributed by atoms with Crippen LogP contribution in [0.1, 0.15) is 43.2 Å². The van der Waals surface area contributed by atoms with Gasteiger partial charge in [0.1, 0.15) is 0 Å². The average molecular weight is 271 g/mol. The van der Waals surface area contributed by atoms with Crippen LogP contribution >= 0.6 is 0 Å². The van der Waals surface area contributed by atoms with E-state index in [2.05, 4.69) is 11.6 Å². The maximum absolute atomic E-state index is 12.0. The number of hydrogen-bond donors (Lipinski definition) is 1. The van der Waals surface area contributed by atoms with Crippen LogP contribution in [-0.4, -0.2) is 20.7 Å². The third-order valence-corrected chi connectivity index (χ3v) is 4.63. The second-order valence-electron chi connectivity index (χ2n) is 4.86. The summed E-state index contributed by atoms with van der Waals surface area (Å²) in [6, 6.07) is 2.62. The Bertz CT molecular complexity index is 520. The van der Waals surface area contributed by atoms with Crippen molar-refractivity contribution in [2.24, 2.45) is 5.92 Å². The summed E-state index contributed by atoms with van der Waals surface area (Å²) < 4.78 is 31.6. The van der Waals surface area contributed by atoms with Gasteiger partial charge in [0, 0.05) is 6.04 Å². The molecular formula is C12H17NO4S. The smallest absolute Gasteiger partial charge is 0.274 e. The maximum Gasteiger partial charge on any atom is 0.274 e. The van der Waals surface area contributed by atoms with Gasteiger partial charge in [-0.3, -0.25) is 4.79 Å². The zero-order chi connectivity index (χ0) is 13.2. The van der Waals surface area contributed by atoms with E-state index in [0.29, 0.717) is 12.2 Å². The van der Waals surface area contributed by atoms with Crippen LogP contribution < -0.4 is 4.72 Å². The molecule has 2 unspecified atom stereocenters. The van der Waals surface area contributed by atoms with Crippen LogP contribution in [-0.2, 0) is 10.0 Å². The molecular weight excluding hydrogens is 254 g/mol. The lowest BCUT2D eigenvalue weighted by molar-refractivity contribution is 0.109. The van der Waals surface area contributed by atoms with Crippen molar-refractivity contribution >= 4 is 16.3 Å². The fourth-order valence-electron chi connectivity index (χ4n) is 2.36. The van der Waals surface area contributed by atoms with Gasteiger partial charge in [-0.2, -0.15) is 0 Å². The molecule has 1 aromatic heterocycles. The first-order valence-corrected chi connectivity index (χ1v) is 7.57. The van der Waals surface area contributed by atoms with Crippen LogP contribution in [0.25, 0.3) is 0 Å². The predicted molar refractivity (Wildman–Crippen MR) is 65.8 cm³/mol. The third kappa shape index (κ3) is 3.00. The highest BCUT2D eigenvalue weighted by Gasteiger charge is 2.26. The Balaban J connectivity index is 2.09. The highest BCUT2D eigenvalue weighted by atomic mass is 32.2. The van der Waals surface area contributed by atoms with Crippen molar-refractivity contribution in [3.63, 3.8) is 0 Å². The normalized spacial score (nSPS) is 24.9. The van der Waals surface area contributed by atoms with Crippen molar-refractivity contribution < 1.29 is 17.6 Å². The Kier molecular flexibility index (Phi) is 3.87. The Labute approximate surface area is 107 Å². The highest BCUT2D eigenvalue weighted by Crippen LogP contribution is 2.25. The van der Waals surface area contributed by atoms with Gasteiger partial charge in [-0.1, -0.05) is 19.8 Å². The standard InChI is InChI=1S/C12H17NO4S/c1-9-3-2-4-10(7-9)13-18(15,16)12-6-5-11(8-14)17-12/h5-6,8-10,13H,2-4,7H2,1H3. The number of rotatable bonds is 4. The van der Waals surface area contributed by atoms with E-state index in [0.717, 1.165) is 25.7 Å². The zero-order valence-corrected chi connectivity index (χ0v) is 11.1. The molecule has 1 aromatic rings. The molecule has 1 N–H and O–H groups in total. The van der Waals surface area contributed by atoms with Gasteiger partial charge in [0.15, 0.2) is 12.0 Å². The molecule has 0 amide bonds. The fourth-order valence-corrected chi connectivity index (χ4v) is 3.58. The molecule has 0 bridgehead atoms. The van der Waals surface area contributed by atoms with E-state index in [1.165, 1.54) is 12.1 Å². The molecule has 1 aliphatic carbocycles. The molecule has 1 heterocycles. The van der Waals surface area contributed by atoms with Crippen molar-refractivity contribution in [3.8, 4) is 0 Å². The molecule has 0 saturated heterocycles. The van der Waals surface area contributed by atoms with Gasteiger partial charge < -0.3 is 4.42 Å². The summed E-state index contributed by atoms with van der Waals surface area (Å²) in [5.74, 6) is 0.556. The van der Waals surface area contributed by atoms with E-state index >= 15 is 0 Å². The minimum atomic E-state index is -3.65. The van der Waals surface area contributed by atoms with Crippen molar-refractivity contribution in [1.29, 1.82) is 0 Å². The first-order valence-electron chi connectivity index (χ1n) is 6.08. The van der Waals surface area contributed by atoms with Gasteiger partial charge in [0.25, 0.3) is 10.0 Å². The van der Waals surface area contributed by atoms with Gasteiger partial charge in [-0.25, -0.2) is 13.1 Å². The van der Waals surface area contributed by atoms with Gasteiger partial charge in [0.05, 0.1) is 0 Å². The van der Waals surface area contributed by atoms with Gasteiger partial charge in [-0.15, -0.1) is 0 Å². The summed E-state index contributed by atoms with van der Waals surface area (Å²) in [4.78, 5) is 10.5. The van der Waals surface area contributed by atoms with Crippen molar-refractivity contribution in [3.05, 3.63) is 17.9 Å². The zero-order valence-electron chi connectivity index (χ0n) is 10.3. The molecule has 0 spiro atoms. The predicted octanol–water partition coefficient (Wildman–Crippen LogP) is 1.95. The lowest BCUT2D eigenvalue weighted by Crippen LogP contribution is -2.37. The number of aldehydes is 1. The van der Waals surface area contributed by atoms with Crippen LogP contribution in [0, 0.1) is 5.92 Å². The Morgan fingerprint density at radius 2 is 2.17 bits per heavy atom. The second-order valence-corrected chi connectivity index (χ2v) is 6.51. The molecule has 1 aliphatic rings. The van der Waals surface area contributed by atoms with E-state index in [4.69, 9.17) is 4.42 Å². The number of hydrogen-bond acceptors (Lipinski definition) is 4. The number of sulfonamides is 1. The van der Waals surface area contributed by atoms with E-state index in [1.54, 1.807) is 0 Å². The molecule has 2 atom stereocenters. The first-order chi connectivity index (χ1) is 8.51. The third-order valence-electron chi connectivity index (χ3n) is 3.24. The number of carbonyl (C=O) groups is 1. The van der Waals surface area contributed by atoms with Crippen LogP contribution in [0.2, 0.25) is 0 Å². The Hall–Kier alpha value is -1.14. The number of furan rings is 1. The molecule has 0 aromatic carbocycles. The quantitative estimate of drug-likeness (QED) is 0.849. The molecule has 0 radical (unpaired) electrons. The summed E-state index contributed by atoms with van der Waals surface area (Å²) in [5, 5.41) is -0.192. The molecule has 0 aliphatic heterocycles. The largest absolute Gasteiger partial charge is 0.440 e. The molecule has 18 heavy (non-hydrogen) atoms. The minimum absolute atomic E-state index is 0.0207. The van der Waals surface area contributed by atoms with Gasteiger partial charge in [-0.05, 0) is 30.9 Å². The monoisotopic (exact) mass is 271 g/mol. The van der Waals surface area contributed by atoms with Crippen molar-refractivity contribution in [2.75, 3.05) is 0 Å². The highest BCUT2D eigenvalue weighted by molar-refractivity contribution is 7.89. The Morgan fingerprint density at radius 3 is 2.78 bits per heavy atom. The summed E-state index contributed by atoms with van der Waals surface area (Å²) >= 11 is 0. The molecule has 100 valence electrons. The van der Waals surface area contributed by atoms with Gasteiger partial charge in [0.2, 0.25) is 5.09 Å². The van der Waals surface area contributed by atoms with E-state index in [-0.39, 0.29) is 16.9 Å². The van der Waals surface area contributed by atoms with E-state index in [1.807, 2.05) is 0 Å². The number of carbonyl (C=O) groups excluding carboxylic acids is 1. The van der Waals surface area contributed by atoms with Crippen LogP contribution in [0.5, 0.6) is 0 Å². The van der Waals surface area contributed by atoms with Crippen molar-refractivity contribution in [2.45, 2.75) is 43.7 Å². The molecule has 5 nitrogen and oxygen atoms in total. The van der Waals surface area contributed by atoms with Crippen LogP contribution in [0.15, 0.2) is 21.6 Å². The Morgan fingerprint density at radius 1 is 1.39 bits per heavy atom. The van der Waals surface area contributed by atoms with Crippen LogP contribution in [0.3, 0.4) is 0 Å². The first kappa shape index (κ1) is 13.3. The summed E-state index contributed by atoms with van der Waals surface area (Å²) in [7, 11) is -3.65. The molecule has 1 saturated carbocycles. The van der Waals surface area contributed by atoms with E-state index < -0.39 is 10.0 Å². The summed E-state index contributed by atoms with van der Waals surface area (Å²) in [5.41, 5.74) is 0. The molecule has 6 heteroatoms. The molecule has 2 rings (SSSR count). The topological polar surface area (TPSA) is 76.4 Å². The lowest BCUT2D eigenvalue weighted by atomic mass is 9.88. The second kappa shape index (κ2) is 5.24.